The molecule has 18 heavy (non-hydrogen) atoms. The molecule has 0 radical (unpaired) electrons. The van der Waals surface area contributed by atoms with E-state index in [4.69, 9.17) is 16.3 Å². The Labute approximate surface area is 111 Å². The predicted molar refractivity (Wildman–Crippen MR) is 68.1 cm³/mol. The van der Waals surface area contributed by atoms with Crippen molar-refractivity contribution < 1.29 is 9.84 Å². The Morgan fingerprint density at radius 3 is 3.00 bits per heavy atom. The van der Waals surface area contributed by atoms with Crippen LogP contribution in [0.25, 0.3) is 0 Å². The van der Waals surface area contributed by atoms with Crippen LogP contribution in [0.5, 0.6) is 5.75 Å². The molecule has 1 aromatic heterocycles. The molecule has 1 aliphatic carbocycles. The second-order valence-electron chi connectivity index (χ2n) is 4.82. The average Bonchev–Trinajstić information content (AvgIpc) is 2.38. The predicted octanol–water partition coefficient (Wildman–Crippen LogP) is 1.63. The molecule has 3 rings (SSSR count). The fourth-order valence-corrected chi connectivity index (χ4v) is 2.93. The first-order valence-corrected chi connectivity index (χ1v) is 6.74. The lowest BCUT2D eigenvalue weighted by atomic mass is 9.91. The molecule has 0 aromatic carbocycles. The second kappa shape index (κ2) is 4.90. The summed E-state index contributed by atoms with van der Waals surface area (Å²) in [7, 11) is 0. The van der Waals surface area contributed by atoms with Crippen molar-refractivity contribution in [3.8, 4) is 5.75 Å². The number of halogens is 1. The van der Waals surface area contributed by atoms with Crippen LogP contribution in [0.1, 0.15) is 25.7 Å². The SMILES string of the molecule is OC1CCCCC1N1CCOc2cc(Cl)nnc21. The third kappa shape index (κ3) is 2.12. The molecular formula is C12H16ClN3O2. The zero-order valence-electron chi connectivity index (χ0n) is 10.0. The van der Waals surface area contributed by atoms with Crippen LogP contribution < -0.4 is 9.64 Å². The van der Waals surface area contributed by atoms with Gasteiger partial charge in [-0.2, -0.15) is 0 Å². The number of rotatable bonds is 1. The quantitative estimate of drug-likeness (QED) is 0.840. The van der Waals surface area contributed by atoms with Crippen LogP contribution in [0.15, 0.2) is 6.07 Å². The number of anilines is 1. The van der Waals surface area contributed by atoms with E-state index in [2.05, 4.69) is 15.1 Å². The first kappa shape index (κ1) is 12.0. The molecule has 1 fully saturated rings. The van der Waals surface area contributed by atoms with Crippen molar-refractivity contribution in [3.05, 3.63) is 11.2 Å². The fourth-order valence-electron chi connectivity index (χ4n) is 2.79. The van der Waals surface area contributed by atoms with E-state index in [1.807, 2.05) is 0 Å². The molecule has 0 bridgehead atoms. The Hall–Kier alpha value is -1.07. The van der Waals surface area contributed by atoms with Gasteiger partial charge in [0.1, 0.15) is 6.61 Å². The van der Waals surface area contributed by atoms with Crippen LogP contribution >= 0.6 is 11.6 Å². The Morgan fingerprint density at radius 1 is 1.33 bits per heavy atom. The highest BCUT2D eigenvalue weighted by Gasteiger charge is 2.33. The summed E-state index contributed by atoms with van der Waals surface area (Å²) in [5.41, 5.74) is 0. The lowest BCUT2D eigenvalue weighted by molar-refractivity contribution is 0.0995. The Kier molecular flexibility index (Phi) is 3.26. The van der Waals surface area contributed by atoms with Crippen LogP contribution in [0.3, 0.4) is 0 Å². The minimum atomic E-state index is -0.290. The number of hydrogen-bond donors (Lipinski definition) is 1. The van der Waals surface area contributed by atoms with Gasteiger partial charge in [-0.15, -0.1) is 10.2 Å². The summed E-state index contributed by atoms with van der Waals surface area (Å²) in [6.07, 6.45) is 3.81. The number of aliphatic hydroxyl groups excluding tert-OH is 1. The van der Waals surface area contributed by atoms with Gasteiger partial charge in [0.2, 0.25) is 0 Å². The highest BCUT2D eigenvalue weighted by molar-refractivity contribution is 6.29. The fraction of sp³-hybridized carbons (Fsp3) is 0.667. The zero-order chi connectivity index (χ0) is 12.5. The molecule has 2 atom stereocenters. The van der Waals surface area contributed by atoms with Crippen molar-refractivity contribution in [2.45, 2.75) is 37.8 Å². The van der Waals surface area contributed by atoms with Crippen LogP contribution in [-0.2, 0) is 0 Å². The van der Waals surface area contributed by atoms with Crippen molar-refractivity contribution in [2.75, 3.05) is 18.1 Å². The van der Waals surface area contributed by atoms with Gasteiger partial charge in [-0.1, -0.05) is 24.4 Å². The highest BCUT2D eigenvalue weighted by atomic mass is 35.5. The summed E-state index contributed by atoms with van der Waals surface area (Å²) < 4.78 is 5.55. The number of aliphatic hydroxyl groups is 1. The third-order valence-corrected chi connectivity index (χ3v) is 3.85. The molecule has 98 valence electrons. The molecule has 1 saturated carbocycles. The molecule has 5 nitrogen and oxygen atoms in total. The number of fused-ring (bicyclic) bond motifs is 1. The molecular weight excluding hydrogens is 254 g/mol. The van der Waals surface area contributed by atoms with E-state index < -0.39 is 0 Å². The van der Waals surface area contributed by atoms with E-state index in [1.165, 1.54) is 0 Å². The summed E-state index contributed by atoms with van der Waals surface area (Å²) in [6.45, 7) is 1.34. The first-order valence-electron chi connectivity index (χ1n) is 6.36. The summed E-state index contributed by atoms with van der Waals surface area (Å²) >= 11 is 5.82. The van der Waals surface area contributed by atoms with Gasteiger partial charge in [0.25, 0.3) is 0 Å². The van der Waals surface area contributed by atoms with Crippen molar-refractivity contribution in [2.24, 2.45) is 0 Å². The number of aromatic nitrogens is 2. The smallest absolute Gasteiger partial charge is 0.194 e. The van der Waals surface area contributed by atoms with E-state index in [1.54, 1.807) is 6.07 Å². The maximum Gasteiger partial charge on any atom is 0.194 e. The lowest BCUT2D eigenvalue weighted by Gasteiger charge is -2.40. The Morgan fingerprint density at radius 2 is 2.17 bits per heavy atom. The Bertz CT molecular complexity index is 443. The number of hydrogen-bond acceptors (Lipinski definition) is 5. The molecule has 1 aromatic rings. The number of ether oxygens (including phenoxy) is 1. The average molecular weight is 270 g/mol. The van der Waals surface area contributed by atoms with Crippen LogP contribution in [0.4, 0.5) is 5.82 Å². The molecule has 0 saturated heterocycles. The molecule has 6 heteroatoms. The van der Waals surface area contributed by atoms with Gasteiger partial charge in [-0.3, -0.25) is 0 Å². The topological polar surface area (TPSA) is 58.5 Å². The van der Waals surface area contributed by atoms with E-state index in [9.17, 15) is 5.11 Å². The van der Waals surface area contributed by atoms with Gasteiger partial charge in [0, 0.05) is 6.07 Å². The summed E-state index contributed by atoms with van der Waals surface area (Å²) in [6, 6.07) is 1.81. The summed E-state index contributed by atoms with van der Waals surface area (Å²) in [5, 5.41) is 18.5. The standard InChI is InChI=1S/C12H16ClN3O2/c13-11-7-10-12(15-14-11)16(5-6-18-10)8-3-1-2-4-9(8)17/h7-9,17H,1-6H2. The largest absolute Gasteiger partial charge is 0.488 e. The van der Waals surface area contributed by atoms with E-state index >= 15 is 0 Å². The summed E-state index contributed by atoms with van der Waals surface area (Å²) in [5.74, 6) is 1.37. The molecule has 0 spiro atoms. The van der Waals surface area contributed by atoms with E-state index in [-0.39, 0.29) is 12.1 Å². The highest BCUT2D eigenvalue weighted by Crippen LogP contribution is 2.35. The van der Waals surface area contributed by atoms with Gasteiger partial charge in [-0.05, 0) is 12.8 Å². The van der Waals surface area contributed by atoms with Gasteiger partial charge < -0.3 is 14.7 Å². The van der Waals surface area contributed by atoms with Gasteiger partial charge in [0.05, 0.1) is 18.7 Å². The van der Waals surface area contributed by atoms with Crippen molar-refractivity contribution in [3.63, 3.8) is 0 Å². The van der Waals surface area contributed by atoms with E-state index in [0.29, 0.717) is 23.3 Å². The van der Waals surface area contributed by atoms with Crippen LogP contribution in [0, 0.1) is 0 Å². The molecule has 1 aliphatic heterocycles. The molecule has 2 heterocycles. The van der Waals surface area contributed by atoms with Crippen molar-refractivity contribution >= 4 is 17.4 Å². The molecule has 1 N–H and O–H groups in total. The lowest BCUT2D eigenvalue weighted by Crippen LogP contribution is -2.49. The van der Waals surface area contributed by atoms with Crippen molar-refractivity contribution in [1.82, 2.24) is 10.2 Å². The van der Waals surface area contributed by atoms with E-state index in [0.717, 1.165) is 32.2 Å². The van der Waals surface area contributed by atoms with Crippen LogP contribution in [-0.4, -0.2) is 40.6 Å². The minimum Gasteiger partial charge on any atom is -0.488 e. The third-order valence-electron chi connectivity index (χ3n) is 3.67. The van der Waals surface area contributed by atoms with Gasteiger partial charge in [-0.25, -0.2) is 0 Å². The Balaban J connectivity index is 1.90. The second-order valence-corrected chi connectivity index (χ2v) is 5.20. The minimum absolute atomic E-state index is 0.122. The molecule has 2 unspecified atom stereocenters. The van der Waals surface area contributed by atoms with Crippen LogP contribution in [0.2, 0.25) is 5.15 Å². The molecule has 0 amide bonds. The summed E-state index contributed by atoms with van der Waals surface area (Å²) in [4.78, 5) is 2.12. The van der Waals surface area contributed by atoms with Crippen molar-refractivity contribution in [1.29, 1.82) is 0 Å². The maximum absolute atomic E-state index is 10.1. The maximum atomic E-state index is 10.1. The monoisotopic (exact) mass is 269 g/mol. The molecule has 2 aliphatic rings. The normalized spacial score (nSPS) is 27.6. The van der Waals surface area contributed by atoms with Gasteiger partial charge in [0.15, 0.2) is 16.7 Å². The van der Waals surface area contributed by atoms with Gasteiger partial charge >= 0.3 is 0 Å². The zero-order valence-corrected chi connectivity index (χ0v) is 10.8. The number of nitrogens with zero attached hydrogens (tertiary/aromatic N) is 3. The first-order chi connectivity index (χ1) is 8.75.